The molecule has 5 rings (SSSR count). The highest BCUT2D eigenvalue weighted by Gasteiger charge is 2.19. The normalized spacial score (nSPS) is 15.2. The number of fused-ring (bicyclic) bond motifs is 1. The largest absolute Gasteiger partial charge is 0.384 e. The number of aromatic nitrogens is 5. The number of rotatable bonds is 5. The van der Waals surface area contributed by atoms with E-state index in [0.29, 0.717) is 23.1 Å². The van der Waals surface area contributed by atoms with Crippen LogP contribution in [0.4, 0.5) is 17.3 Å². The molecular weight excluding hydrogens is 416 g/mol. The second-order valence-electron chi connectivity index (χ2n) is 8.93. The summed E-state index contributed by atoms with van der Waals surface area (Å²) < 4.78 is 1.66. The maximum absolute atomic E-state index is 10.3. The predicted molar refractivity (Wildman–Crippen MR) is 129 cm³/mol. The van der Waals surface area contributed by atoms with Crippen LogP contribution in [0.5, 0.6) is 0 Å². The second-order valence-corrected chi connectivity index (χ2v) is 8.93. The van der Waals surface area contributed by atoms with E-state index in [1.54, 1.807) is 37.0 Å². The minimum absolute atomic E-state index is 0.482. The van der Waals surface area contributed by atoms with Crippen molar-refractivity contribution in [2.75, 3.05) is 43.4 Å². The minimum Gasteiger partial charge on any atom is -0.384 e. The first-order valence-electron chi connectivity index (χ1n) is 11.1. The van der Waals surface area contributed by atoms with Gasteiger partial charge >= 0.3 is 0 Å². The van der Waals surface area contributed by atoms with Crippen LogP contribution < -0.4 is 10.2 Å². The van der Waals surface area contributed by atoms with E-state index in [1.165, 1.54) is 5.69 Å². The monoisotopic (exact) mass is 444 g/mol. The first-order valence-corrected chi connectivity index (χ1v) is 11.1. The maximum Gasteiger partial charge on any atom is 0.229 e. The zero-order chi connectivity index (χ0) is 23.0. The molecule has 1 aliphatic rings. The first kappa shape index (κ1) is 21.3. The van der Waals surface area contributed by atoms with Gasteiger partial charge in [-0.25, -0.2) is 9.97 Å². The third-order valence-electron chi connectivity index (χ3n) is 5.88. The number of piperazine rings is 1. The van der Waals surface area contributed by atoms with Crippen molar-refractivity contribution in [3.8, 4) is 5.82 Å². The summed E-state index contributed by atoms with van der Waals surface area (Å²) in [4.78, 5) is 18.4. The Balaban J connectivity index is 1.38. The van der Waals surface area contributed by atoms with Gasteiger partial charge in [0.25, 0.3) is 0 Å². The molecule has 1 aromatic carbocycles. The van der Waals surface area contributed by atoms with Crippen molar-refractivity contribution >= 4 is 28.4 Å². The summed E-state index contributed by atoms with van der Waals surface area (Å²) in [6.45, 7) is 7.65. The molecule has 0 radical (unpaired) electrons. The van der Waals surface area contributed by atoms with Gasteiger partial charge in [0.1, 0.15) is 5.60 Å². The van der Waals surface area contributed by atoms with E-state index >= 15 is 0 Å². The molecule has 9 nitrogen and oxygen atoms in total. The van der Waals surface area contributed by atoms with E-state index in [-0.39, 0.29) is 0 Å². The second kappa shape index (κ2) is 8.42. The molecule has 170 valence electrons. The third-order valence-corrected chi connectivity index (χ3v) is 5.88. The summed E-state index contributed by atoms with van der Waals surface area (Å²) in [6.07, 6.45) is 3.45. The fourth-order valence-electron chi connectivity index (χ4n) is 3.88. The molecule has 2 N–H and O–H groups in total. The average Bonchev–Trinajstić information content (AvgIpc) is 3.23. The van der Waals surface area contributed by atoms with Crippen molar-refractivity contribution in [1.29, 1.82) is 0 Å². The molecule has 4 aromatic rings. The summed E-state index contributed by atoms with van der Waals surface area (Å²) in [5, 5.41) is 18.8. The molecular formula is C24H28N8O. The number of likely N-dealkylation sites (N-methyl/N-ethyl adjacent to an activating group) is 1. The lowest BCUT2D eigenvalue weighted by atomic mass is 10.1. The molecule has 1 aliphatic heterocycles. The fraction of sp³-hybridized carbons (Fsp3) is 0.333. The summed E-state index contributed by atoms with van der Waals surface area (Å²) >= 11 is 0. The van der Waals surface area contributed by atoms with Crippen molar-refractivity contribution in [3.05, 3.63) is 60.6 Å². The van der Waals surface area contributed by atoms with Crippen LogP contribution in [-0.2, 0) is 5.60 Å². The number of nitrogens with one attached hydrogen (secondary N) is 1. The molecule has 9 heteroatoms. The SMILES string of the molecule is CN1CCN(c2ccc(Nc3ncc4cnn(-c5cccc(C(C)(C)O)n5)c4n3)cc2)CC1. The Hall–Kier alpha value is -3.56. The van der Waals surface area contributed by atoms with Crippen molar-refractivity contribution in [2.24, 2.45) is 0 Å². The highest BCUT2D eigenvalue weighted by Crippen LogP contribution is 2.23. The van der Waals surface area contributed by atoms with Gasteiger partial charge in [0, 0.05) is 43.8 Å². The van der Waals surface area contributed by atoms with E-state index in [0.717, 1.165) is 37.3 Å². The number of pyridine rings is 1. The van der Waals surface area contributed by atoms with Crippen molar-refractivity contribution in [3.63, 3.8) is 0 Å². The lowest BCUT2D eigenvalue weighted by molar-refractivity contribution is 0.0738. The number of aliphatic hydroxyl groups is 1. The van der Waals surface area contributed by atoms with Crippen LogP contribution in [0.2, 0.25) is 0 Å². The third kappa shape index (κ3) is 4.50. The van der Waals surface area contributed by atoms with Gasteiger partial charge in [0.2, 0.25) is 5.95 Å². The van der Waals surface area contributed by atoms with Gasteiger partial charge < -0.3 is 20.2 Å². The summed E-state index contributed by atoms with van der Waals surface area (Å²) in [5.74, 6) is 1.07. The van der Waals surface area contributed by atoms with Crippen LogP contribution in [-0.4, -0.2) is 68.0 Å². The number of benzene rings is 1. The van der Waals surface area contributed by atoms with Gasteiger partial charge in [-0.1, -0.05) is 6.07 Å². The predicted octanol–water partition coefficient (Wildman–Crippen LogP) is 2.93. The molecule has 1 fully saturated rings. The topological polar surface area (TPSA) is 95.2 Å². The Morgan fingerprint density at radius 2 is 1.70 bits per heavy atom. The molecule has 0 spiro atoms. The van der Waals surface area contributed by atoms with E-state index in [1.807, 2.05) is 24.3 Å². The Bertz CT molecular complexity index is 1250. The highest BCUT2D eigenvalue weighted by molar-refractivity contribution is 5.76. The molecule has 4 heterocycles. The van der Waals surface area contributed by atoms with Gasteiger partial charge in [0.05, 0.1) is 17.3 Å². The molecule has 0 unspecified atom stereocenters. The van der Waals surface area contributed by atoms with E-state index < -0.39 is 5.60 Å². The van der Waals surface area contributed by atoms with Gasteiger partial charge in [-0.3, -0.25) is 0 Å². The van der Waals surface area contributed by atoms with E-state index in [9.17, 15) is 5.11 Å². The molecule has 0 bridgehead atoms. The van der Waals surface area contributed by atoms with Gasteiger partial charge in [-0.2, -0.15) is 14.8 Å². The Kier molecular flexibility index (Phi) is 5.43. The Labute approximate surface area is 192 Å². The highest BCUT2D eigenvalue weighted by atomic mass is 16.3. The lowest BCUT2D eigenvalue weighted by Crippen LogP contribution is -2.44. The smallest absolute Gasteiger partial charge is 0.229 e. The Morgan fingerprint density at radius 1 is 0.939 bits per heavy atom. The maximum atomic E-state index is 10.3. The van der Waals surface area contributed by atoms with Crippen LogP contribution in [0.25, 0.3) is 16.9 Å². The van der Waals surface area contributed by atoms with Crippen molar-refractivity contribution in [2.45, 2.75) is 19.4 Å². The fourth-order valence-corrected chi connectivity index (χ4v) is 3.88. The van der Waals surface area contributed by atoms with Crippen molar-refractivity contribution in [1.82, 2.24) is 29.6 Å². The van der Waals surface area contributed by atoms with Crippen LogP contribution >= 0.6 is 0 Å². The number of hydrogen-bond acceptors (Lipinski definition) is 8. The van der Waals surface area contributed by atoms with Gasteiger partial charge in [0.15, 0.2) is 11.5 Å². The standard InChI is InChI=1S/C24H28N8O/c1-24(2,33)20-5-4-6-21(28-20)32-22-17(16-26-32)15-25-23(29-22)27-18-7-9-19(10-8-18)31-13-11-30(3)12-14-31/h4-10,15-16,33H,11-14H2,1-3H3,(H,25,27,29). The van der Waals surface area contributed by atoms with E-state index in [4.69, 9.17) is 0 Å². The molecule has 3 aromatic heterocycles. The molecule has 0 atom stereocenters. The lowest BCUT2D eigenvalue weighted by Gasteiger charge is -2.34. The quantitative estimate of drug-likeness (QED) is 0.485. The summed E-state index contributed by atoms with van der Waals surface area (Å²) in [6, 6.07) is 13.8. The summed E-state index contributed by atoms with van der Waals surface area (Å²) in [5.41, 5.74) is 2.30. The molecule has 0 amide bonds. The molecule has 33 heavy (non-hydrogen) atoms. The zero-order valence-electron chi connectivity index (χ0n) is 19.1. The average molecular weight is 445 g/mol. The number of nitrogens with zero attached hydrogens (tertiary/aromatic N) is 7. The van der Waals surface area contributed by atoms with Crippen LogP contribution in [0, 0.1) is 0 Å². The number of anilines is 3. The number of hydrogen-bond donors (Lipinski definition) is 2. The van der Waals surface area contributed by atoms with Crippen LogP contribution in [0.15, 0.2) is 54.9 Å². The van der Waals surface area contributed by atoms with Crippen LogP contribution in [0.1, 0.15) is 19.5 Å². The molecule has 0 aliphatic carbocycles. The molecule has 1 saturated heterocycles. The minimum atomic E-state index is -1.04. The molecule has 0 saturated carbocycles. The Morgan fingerprint density at radius 3 is 2.42 bits per heavy atom. The van der Waals surface area contributed by atoms with E-state index in [2.05, 4.69) is 54.3 Å². The van der Waals surface area contributed by atoms with Crippen LogP contribution in [0.3, 0.4) is 0 Å². The summed E-state index contributed by atoms with van der Waals surface area (Å²) in [7, 11) is 2.16. The van der Waals surface area contributed by atoms with Gasteiger partial charge in [-0.15, -0.1) is 0 Å². The van der Waals surface area contributed by atoms with Crippen molar-refractivity contribution < 1.29 is 5.11 Å². The first-order chi connectivity index (χ1) is 15.9. The zero-order valence-corrected chi connectivity index (χ0v) is 19.1. The van der Waals surface area contributed by atoms with Gasteiger partial charge in [-0.05, 0) is 57.3 Å².